The SMILES string of the molecule is C[C@@H]1C[C@@H](NC(=O)COc2ccc(-c3nc(Cc4ccc(Cl)cc4)no3)cc2)CN1C#N. The van der Waals surface area contributed by atoms with E-state index in [0.717, 1.165) is 17.5 Å². The van der Waals surface area contributed by atoms with Gasteiger partial charge in [0.2, 0.25) is 0 Å². The molecule has 0 spiro atoms. The fourth-order valence-electron chi connectivity index (χ4n) is 3.61. The van der Waals surface area contributed by atoms with Crippen LogP contribution >= 0.6 is 11.6 Å². The predicted molar refractivity (Wildman–Crippen MR) is 118 cm³/mol. The Bertz CT molecular complexity index is 1110. The van der Waals surface area contributed by atoms with Crippen molar-refractivity contribution >= 4 is 17.5 Å². The normalized spacial score (nSPS) is 17.7. The zero-order valence-corrected chi connectivity index (χ0v) is 18.2. The van der Waals surface area contributed by atoms with Crippen LogP contribution in [-0.4, -0.2) is 46.2 Å². The second-order valence-corrected chi connectivity index (χ2v) is 8.17. The van der Waals surface area contributed by atoms with Gasteiger partial charge in [-0.1, -0.05) is 28.9 Å². The highest BCUT2D eigenvalue weighted by Gasteiger charge is 2.29. The van der Waals surface area contributed by atoms with Gasteiger partial charge >= 0.3 is 0 Å². The van der Waals surface area contributed by atoms with Crippen molar-refractivity contribution in [2.45, 2.75) is 31.8 Å². The topological polar surface area (TPSA) is 104 Å². The van der Waals surface area contributed by atoms with Gasteiger partial charge in [0, 0.05) is 35.6 Å². The van der Waals surface area contributed by atoms with E-state index < -0.39 is 0 Å². The van der Waals surface area contributed by atoms with Crippen molar-refractivity contribution in [2.24, 2.45) is 0 Å². The van der Waals surface area contributed by atoms with Gasteiger partial charge < -0.3 is 19.5 Å². The quantitative estimate of drug-likeness (QED) is 0.549. The molecule has 1 amide bonds. The molecule has 0 radical (unpaired) electrons. The molecule has 3 aromatic rings. The third-order valence-electron chi connectivity index (χ3n) is 5.28. The molecule has 0 aliphatic carbocycles. The zero-order valence-electron chi connectivity index (χ0n) is 17.5. The lowest BCUT2D eigenvalue weighted by molar-refractivity contribution is -0.123. The van der Waals surface area contributed by atoms with E-state index in [1.165, 1.54) is 0 Å². The first-order chi connectivity index (χ1) is 15.5. The minimum absolute atomic E-state index is 0.0391. The monoisotopic (exact) mass is 451 g/mol. The van der Waals surface area contributed by atoms with Gasteiger partial charge in [0.15, 0.2) is 18.6 Å². The molecule has 1 N–H and O–H groups in total. The Morgan fingerprint density at radius 1 is 1.28 bits per heavy atom. The molecule has 8 nitrogen and oxygen atoms in total. The minimum Gasteiger partial charge on any atom is -0.484 e. The maximum Gasteiger partial charge on any atom is 0.258 e. The molecule has 1 aliphatic rings. The van der Waals surface area contributed by atoms with E-state index in [1.54, 1.807) is 29.2 Å². The van der Waals surface area contributed by atoms with Crippen molar-refractivity contribution in [1.29, 1.82) is 5.26 Å². The number of likely N-dealkylation sites (tertiary alicyclic amines) is 1. The number of carbonyl (C=O) groups is 1. The highest BCUT2D eigenvalue weighted by atomic mass is 35.5. The summed E-state index contributed by atoms with van der Waals surface area (Å²) in [5, 5.41) is 16.7. The number of carbonyl (C=O) groups excluding carboxylic acids is 1. The van der Waals surface area contributed by atoms with E-state index in [1.807, 2.05) is 31.2 Å². The second-order valence-electron chi connectivity index (χ2n) is 7.73. The molecule has 0 unspecified atom stereocenters. The smallest absolute Gasteiger partial charge is 0.258 e. The van der Waals surface area contributed by atoms with Crippen LogP contribution in [0.1, 0.15) is 24.7 Å². The Balaban J connectivity index is 1.28. The van der Waals surface area contributed by atoms with Gasteiger partial charge in [0.25, 0.3) is 11.8 Å². The molecule has 4 rings (SSSR count). The van der Waals surface area contributed by atoms with Crippen molar-refractivity contribution in [1.82, 2.24) is 20.4 Å². The average Bonchev–Trinajstić information content (AvgIpc) is 3.40. The van der Waals surface area contributed by atoms with Gasteiger partial charge in [-0.25, -0.2) is 0 Å². The fourth-order valence-corrected chi connectivity index (χ4v) is 3.74. The number of nitriles is 1. The van der Waals surface area contributed by atoms with Crippen LogP contribution in [0.2, 0.25) is 5.02 Å². The van der Waals surface area contributed by atoms with Gasteiger partial charge in [-0.15, -0.1) is 0 Å². The van der Waals surface area contributed by atoms with Crippen molar-refractivity contribution in [3.05, 3.63) is 64.9 Å². The summed E-state index contributed by atoms with van der Waals surface area (Å²) in [6.45, 7) is 2.41. The summed E-state index contributed by atoms with van der Waals surface area (Å²) in [7, 11) is 0. The minimum atomic E-state index is -0.213. The van der Waals surface area contributed by atoms with E-state index in [4.69, 9.17) is 26.1 Å². The lowest BCUT2D eigenvalue weighted by atomic mass is 10.1. The van der Waals surface area contributed by atoms with Crippen LogP contribution < -0.4 is 10.1 Å². The summed E-state index contributed by atoms with van der Waals surface area (Å²) in [5.41, 5.74) is 1.80. The van der Waals surface area contributed by atoms with Crippen LogP contribution in [0.15, 0.2) is 53.1 Å². The van der Waals surface area contributed by atoms with E-state index >= 15 is 0 Å². The molecule has 1 saturated heterocycles. The van der Waals surface area contributed by atoms with Crippen LogP contribution in [0.3, 0.4) is 0 Å². The van der Waals surface area contributed by atoms with Crippen molar-refractivity contribution in [3.8, 4) is 23.4 Å². The first kappa shape index (κ1) is 21.7. The summed E-state index contributed by atoms with van der Waals surface area (Å²) in [6, 6.07) is 14.7. The number of aromatic nitrogens is 2. The molecule has 2 aromatic carbocycles. The Morgan fingerprint density at radius 3 is 2.72 bits per heavy atom. The summed E-state index contributed by atoms with van der Waals surface area (Å²) in [5.74, 6) is 1.34. The van der Waals surface area contributed by atoms with E-state index in [0.29, 0.717) is 35.5 Å². The number of ether oxygens (including phenoxy) is 1. The number of rotatable bonds is 7. The van der Waals surface area contributed by atoms with E-state index in [-0.39, 0.29) is 24.6 Å². The Morgan fingerprint density at radius 2 is 2.03 bits per heavy atom. The number of nitrogens with zero attached hydrogens (tertiary/aromatic N) is 4. The molecule has 164 valence electrons. The number of hydrogen-bond acceptors (Lipinski definition) is 7. The van der Waals surface area contributed by atoms with E-state index in [9.17, 15) is 4.79 Å². The third kappa shape index (κ3) is 5.37. The Labute approximate surface area is 190 Å². The predicted octanol–water partition coefficient (Wildman–Crippen LogP) is 3.42. The summed E-state index contributed by atoms with van der Waals surface area (Å²) in [6.07, 6.45) is 3.43. The van der Waals surface area contributed by atoms with Crippen LogP contribution in [0, 0.1) is 11.5 Å². The molecule has 1 aromatic heterocycles. The molecule has 0 saturated carbocycles. The molecule has 2 atom stereocenters. The van der Waals surface area contributed by atoms with Crippen LogP contribution in [0.25, 0.3) is 11.5 Å². The second kappa shape index (κ2) is 9.71. The standard InChI is InChI=1S/C23H22ClN5O3/c1-15-10-19(12-29(15)14-25)26-22(30)13-31-20-8-4-17(5-9-20)23-27-21(28-32-23)11-16-2-6-18(24)7-3-16/h2-9,15,19H,10-13H2,1H3,(H,26,30)/t15-,19-/m1/s1. The molecule has 32 heavy (non-hydrogen) atoms. The Hall–Kier alpha value is -3.57. The molecule has 1 fully saturated rings. The maximum atomic E-state index is 12.2. The first-order valence-electron chi connectivity index (χ1n) is 10.3. The van der Waals surface area contributed by atoms with Gasteiger partial charge in [-0.2, -0.15) is 10.2 Å². The largest absolute Gasteiger partial charge is 0.484 e. The number of benzene rings is 2. The number of halogens is 1. The van der Waals surface area contributed by atoms with Gasteiger partial charge in [0.05, 0.1) is 0 Å². The Kier molecular flexibility index (Phi) is 6.57. The average molecular weight is 452 g/mol. The fraction of sp³-hybridized carbons (Fsp3) is 0.304. The highest BCUT2D eigenvalue weighted by molar-refractivity contribution is 6.30. The van der Waals surface area contributed by atoms with Crippen molar-refractivity contribution in [2.75, 3.05) is 13.2 Å². The summed E-state index contributed by atoms with van der Waals surface area (Å²) < 4.78 is 10.9. The lowest BCUT2D eigenvalue weighted by Crippen LogP contribution is -2.39. The van der Waals surface area contributed by atoms with Crippen LogP contribution in [-0.2, 0) is 11.2 Å². The summed E-state index contributed by atoms with van der Waals surface area (Å²) in [4.78, 5) is 18.3. The van der Waals surface area contributed by atoms with Gasteiger partial charge in [0.1, 0.15) is 5.75 Å². The molecular formula is C23H22ClN5O3. The molecule has 2 heterocycles. The van der Waals surface area contributed by atoms with Crippen LogP contribution in [0.5, 0.6) is 5.75 Å². The number of amides is 1. The lowest BCUT2D eigenvalue weighted by Gasteiger charge is -2.13. The molecule has 1 aliphatic heterocycles. The van der Waals surface area contributed by atoms with Gasteiger partial charge in [-0.05, 0) is 55.3 Å². The maximum absolute atomic E-state index is 12.2. The molecule has 9 heteroatoms. The number of hydrogen-bond donors (Lipinski definition) is 1. The van der Waals surface area contributed by atoms with Gasteiger partial charge in [-0.3, -0.25) is 4.79 Å². The molecular weight excluding hydrogens is 430 g/mol. The summed E-state index contributed by atoms with van der Waals surface area (Å²) >= 11 is 5.91. The third-order valence-corrected chi connectivity index (χ3v) is 5.54. The molecule has 0 bridgehead atoms. The number of nitrogens with one attached hydrogen (secondary N) is 1. The first-order valence-corrected chi connectivity index (χ1v) is 10.6. The zero-order chi connectivity index (χ0) is 22.5. The van der Waals surface area contributed by atoms with Crippen molar-refractivity contribution < 1.29 is 14.1 Å². The highest BCUT2D eigenvalue weighted by Crippen LogP contribution is 2.22. The van der Waals surface area contributed by atoms with E-state index in [2.05, 4.69) is 21.7 Å². The van der Waals surface area contributed by atoms with Crippen molar-refractivity contribution in [3.63, 3.8) is 0 Å². The van der Waals surface area contributed by atoms with Crippen LogP contribution in [0.4, 0.5) is 0 Å².